The van der Waals surface area contributed by atoms with Gasteiger partial charge in [-0.05, 0) is 31.7 Å². The summed E-state index contributed by atoms with van der Waals surface area (Å²) in [6, 6.07) is 7.61. The molecule has 0 amide bonds. The normalized spacial score (nSPS) is 15.2. The van der Waals surface area contributed by atoms with Crippen molar-refractivity contribution in [1.29, 1.82) is 0 Å². The fraction of sp³-hybridized carbons (Fsp3) is 0.467. The van der Waals surface area contributed by atoms with E-state index in [1.165, 1.54) is 0 Å². The van der Waals surface area contributed by atoms with Gasteiger partial charge in [-0.1, -0.05) is 24.3 Å². The van der Waals surface area contributed by atoms with E-state index in [1.807, 2.05) is 24.3 Å². The van der Waals surface area contributed by atoms with Gasteiger partial charge in [0.15, 0.2) is 5.78 Å². The highest BCUT2D eigenvalue weighted by atomic mass is 16.6. The molecule has 1 aliphatic carbocycles. The minimum atomic E-state index is -0.378. The predicted octanol–water partition coefficient (Wildman–Crippen LogP) is 2.56. The van der Waals surface area contributed by atoms with E-state index in [-0.39, 0.29) is 23.2 Å². The van der Waals surface area contributed by atoms with Crippen molar-refractivity contribution in [2.75, 3.05) is 13.1 Å². The number of nitro groups is 1. The van der Waals surface area contributed by atoms with Crippen LogP contribution < -0.4 is 0 Å². The molecule has 20 heavy (non-hydrogen) atoms. The first-order chi connectivity index (χ1) is 9.56. The molecule has 5 nitrogen and oxygen atoms in total. The molecule has 0 unspecified atom stereocenters. The van der Waals surface area contributed by atoms with Crippen LogP contribution in [0.1, 0.15) is 35.7 Å². The summed E-state index contributed by atoms with van der Waals surface area (Å²) in [4.78, 5) is 25.9. The molecule has 106 valence electrons. The van der Waals surface area contributed by atoms with Gasteiger partial charge in [0.1, 0.15) is 0 Å². The molecule has 0 atom stereocenters. The van der Waals surface area contributed by atoms with Crippen LogP contribution in [0.5, 0.6) is 0 Å². The Hall–Kier alpha value is -2.04. The summed E-state index contributed by atoms with van der Waals surface area (Å²) in [6.07, 6.45) is 2.77. The number of rotatable bonds is 7. The first-order valence-corrected chi connectivity index (χ1v) is 6.81. The van der Waals surface area contributed by atoms with Crippen LogP contribution in [0, 0.1) is 16.0 Å². The summed E-state index contributed by atoms with van der Waals surface area (Å²) in [6.45, 7) is 2.00. The second kappa shape index (κ2) is 6.41. The Morgan fingerprint density at radius 3 is 2.55 bits per heavy atom. The Bertz CT molecular complexity index is 531. The van der Waals surface area contributed by atoms with Gasteiger partial charge in [-0.15, -0.1) is 0 Å². The summed E-state index contributed by atoms with van der Waals surface area (Å²) in [5.74, 6) is 0.492. The first-order valence-electron chi connectivity index (χ1n) is 6.81. The van der Waals surface area contributed by atoms with Crippen LogP contribution in [0.3, 0.4) is 0 Å². The molecule has 0 aromatic heterocycles. The summed E-state index contributed by atoms with van der Waals surface area (Å²) in [5, 5.41) is 10.3. The molecule has 0 N–H and O–H groups in total. The zero-order chi connectivity index (χ0) is 14.5. The van der Waals surface area contributed by atoms with Crippen LogP contribution in [0.4, 0.5) is 0 Å². The average molecular weight is 274 g/mol. The maximum absolute atomic E-state index is 11.8. The molecular weight excluding hydrogens is 256 g/mol. The number of carbonyl (C=O) groups excluding carboxylic acids is 1. The van der Waals surface area contributed by atoms with Crippen LogP contribution in [0.2, 0.25) is 0 Å². The number of hydrogen-bond donors (Lipinski definition) is 0. The van der Waals surface area contributed by atoms with Crippen molar-refractivity contribution in [2.24, 2.45) is 10.9 Å². The number of Topliss-reactive ketones (excluding diaryl/α,β-unsaturated/α-hetero) is 1. The van der Waals surface area contributed by atoms with Crippen molar-refractivity contribution in [1.82, 2.24) is 0 Å². The van der Waals surface area contributed by atoms with E-state index in [9.17, 15) is 14.9 Å². The maximum Gasteiger partial charge on any atom is 0.241 e. The Morgan fingerprint density at radius 1 is 1.35 bits per heavy atom. The third-order valence-electron chi connectivity index (χ3n) is 3.33. The number of carbonyl (C=O) groups is 1. The number of nitrogens with zero attached hydrogens (tertiary/aromatic N) is 2. The molecule has 0 heterocycles. The van der Waals surface area contributed by atoms with Gasteiger partial charge in [0.05, 0.1) is 5.71 Å². The van der Waals surface area contributed by atoms with Gasteiger partial charge in [-0.2, -0.15) is 0 Å². The van der Waals surface area contributed by atoms with Gasteiger partial charge < -0.3 is 0 Å². The zero-order valence-corrected chi connectivity index (χ0v) is 11.5. The maximum atomic E-state index is 11.8. The van der Waals surface area contributed by atoms with E-state index >= 15 is 0 Å². The Balaban J connectivity index is 1.84. The van der Waals surface area contributed by atoms with E-state index < -0.39 is 0 Å². The molecule has 5 heteroatoms. The highest BCUT2D eigenvalue weighted by molar-refractivity contribution is 5.99. The van der Waals surface area contributed by atoms with E-state index in [0.717, 1.165) is 30.4 Å². The quantitative estimate of drug-likeness (QED) is 0.332. The molecule has 0 saturated heterocycles. The van der Waals surface area contributed by atoms with Crippen molar-refractivity contribution in [3.63, 3.8) is 0 Å². The van der Waals surface area contributed by atoms with Gasteiger partial charge in [-0.3, -0.25) is 19.9 Å². The third-order valence-corrected chi connectivity index (χ3v) is 3.33. The van der Waals surface area contributed by atoms with E-state index in [4.69, 9.17) is 0 Å². The molecule has 1 aliphatic rings. The van der Waals surface area contributed by atoms with Gasteiger partial charge in [0, 0.05) is 22.9 Å². The summed E-state index contributed by atoms with van der Waals surface area (Å²) in [7, 11) is 0. The average Bonchev–Trinajstić information content (AvgIpc) is 3.22. The largest absolute Gasteiger partial charge is 0.294 e. The monoisotopic (exact) mass is 274 g/mol. The molecule has 0 bridgehead atoms. The predicted molar refractivity (Wildman–Crippen MR) is 77.0 cm³/mol. The van der Waals surface area contributed by atoms with Crippen molar-refractivity contribution in [2.45, 2.75) is 26.2 Å². The van der Waals surface area contributed by atoms with Crippen LogP contribution in [0.15, 0.2) is 29.3 Å². The highest BCUT2D eigenvalue weighted by Gasteiger charge is 2.30. The molecule has 2 rings (SSSR count). The number of aliphatic imine (C=N–C) groups is 1. The van der Waals surface area contributed by atoms with Gasteiger partial charge >= 0.3 is 0 Å². The van der Waals surface area contributed by atoms with Crippen molar-refractivity contribution in [3.8, 4) is 0 Å². The summed E-state index contributed by atoms with van der Waals surface area (Å²) >= 11 is 0. The lowest BCUT2D eigenvalue weighted by Gasteiger charge is -2.02. The Kier molecular flexibility index (Phi) is 4.61. The van der Waals surface area contributed by atoms with Gasteiger partial charge in [-0.25, -0.2) is 0 Å². The van der Waals surface area contributed by atoms with E-state index in [0.29, 0.717) is 12.3 Å². The molecule has 1 aromatic carbocycles. The molecule has 1 fully saturated rings. The molecule has 1 aromatic rings. The lowest BCUT2D eigenvalue weighted by molar-refractivity contribution is -0.463. The van der Waals surface area contributed by atoms with E-state index in [2.05, 4.69) is 4.99 Å². The van der Waals surface area contributed by atoms with Crippen LogP contribution >= 0.6 is 0 Å². The van der Waals surface area contributed by atoms with Crippen molar-refractivity contribution in [3.05, 3.63) is 45.5 Å². The Labute approximate surface area is 117 Å². The van der Waals surface area contributed by atoms with Gasteiger partial charge in [0.25, 0.3) is 0 Å². The minimum Gasteiger partial charge on any atom is -0.294 e. The lowest BCUT2D eigenvalue weighted by Crippen LogP contribution is -2.11. The van der Waals surface area contributed by atoms with Crippen LogP contribution in [0.25, 0.3) is 0 Å². The fourth-order valence-corrected chi connectivity index (χ4v) is 2.03. The van der Waals surface area contributed by atoms with E-state index in [1.54, 1.807) is 6.92 Å². The number of hydrogen-bond acceptors (Lipinski definition) is 4. The fourth-order valence-electron chi connectivity index (χ4n) is 2.03. The molecular formula is C15H18N2O3. The first kappa shape index (κ1) is 14.4. The molecule has 0 radical (unpaired) electrons. The SMILES string of the molecule is CC(C[N+](=O)[O-])=NCCc1ccc(C(=O)C2CC2)cc1. The summed E-state index contributed by atoms with van der Waals surface area (Å²) < 4.78 is 0. The molecule has 0 spiro atoms. The second-order valence-electron chi connectivity index (χ2n) is 5.19. The third kappa shape index (κ3) is 4.26. The Morgan fingerprint density at radius 2 is 2.00 bits per heavy atom. The number of benzene rings is 1. The topological polar surface area (TPSA) is 72.6 Å². The minimum absolute atomic E-state index is 0.200. The summed E-state index contributed by atoms with van der Waals surface area (Å²) in [5.41, 5.74) is 2.41. The van der Waals surface area contributed by atoms with Crippen LogP contribution in [-0.2, 0) is 6.42 Å². The van der Waals surface area contributed by atoms with Crippen LogP contribution in [-0.4, -0.2) is 29.5 Å². The highest BCUT2D eigenvalue weighted by Crippen LogP contribution is 2.32. The number of ketones is 1. The standard InChI is InChI=1S/C15H18N2O3/c1-11(10-17(19)20)16-9-8-12-2-4-13(5-3-12)15(18)14-6-7-14/h2-5,14H,6-10H2,1H3. The zero-order valence-electron chi connectivity index (χ0n) is 11.5. The molecule has 0 aliphatic heterocycles. The van der Waals surface area contributed by atoms with Crippen molar-refractivity contribution < 1.29 is 9.72 Å². The van der Waals surface area contributed by atoms with Gasteiger partial charge in [0.2, 0.25) is 6.54 Å². The second-order valence-corrected chi connectivity index (χ2v) is 5.19. The lowest BCUT2D eigenvalue weighted by atomic mass is 10.0. The molecule has 1 saturated carbocycles. The van der Waals surface area contributed by atoms with Crippen molar-refractivity contribution >= 4 is 11.5 Å². The smallest absolute Gasteiger partial charge is 0.241 e.